The third kappa shape index (κ3) is 11.1. The van der Waals surface area contributed by atoms with E-state index in [1.165, 1.54) is 49.1 Å². The molecule has 12 nitrogen and oxygen atoms in total. The van der Waals surface area contributed by atoms with Crippen LogP contribution in [0.4, 0.5) is 28.6 Å². The highest BCUT2D eigenvalue weighted by Crippen LogP contribution is 2.21. The first kappa shape index (κ1) is 30.2. The van der Waals surface area contributed by atoms with E-state index < -0.39 is 9.85 Å². The zero-order chi connectivity index (χ0) is 25.8. The van der Waals surface area contributed by atoms with Gasteiger partial charge in [-0.1, -0.05) is 46.9 Å². The van der Waals surface area contributed by atoms with Gasteiger partial charge >= 0.3 is 0 Å². The highest BCUT2D eigenvalue weighted by molar-refractivity contribution is 6.33. The Morgan fingerprint density at radius 3 is 1.67 bits per heavy atom. The second-order valence-corrected chi connectivity index (χ2v) is 7.34. The summed E-state index contributed by atoms with van der Waals surface area (Å²) in [5.74, 6) is 0.477. The van der Waals surface area contributed by atoms with Crippen LogP contribution in [0.3, 0.4) is 0 Å². The maximum Gasteiger partial charge on any atom is 0.271 e. The first-order valence-corrected chi connectivity index (χ1v) is 10.4. The van der Waals surface area contributed by atoms with E-state index in [1.54, 1.807) is 24.3 Å². The lowest BCUT2D eigenvalue weighted by molar-refractivity contribution is -0.385. The van der Waals surface area contributed by atoms with Crippen LogP contribution < -0.4 is 11.1 Å². The number of nitro groups is 2. The van der Waals surface area contributed by atoms with Crippen molar-refractivity contribution in [2.24, 2.45) is 0 Å². The van der Waals surface area contributed by atoms with Gasteiger partial charge in [-0.15, -0.1) is 12.4 Å². The molecule has 0 fully saturated rings. The number of nitrogens with two attached hydrogens (primary N) is 1. The van der Waals surface area contributed by atoms with Gasteiger partial charge in [-0.25, -0.2) is 19.9 Å². The van der Waals surface area contributed by atoms with Crippen LogP contribution in [0, 0.1) is 20.2 Å². The lowest BCUT2D eigenvalue weighted by Crippen LogP contribution is -1.95. The summed E-state index contributed by atoms with van der Waals surface area (Å²) in [4.78, 5) is 34.6. The summed E-state index contributed by atoms with van der Waals surface area (Å²) in [7, 11) is 0. The number of nitrogens with zero attached hydrogens (tertiary/aromatic N) is 6. The molecule has 3 N–H and O–H groups in total. The zero-order valence-electron chi connectivity index (χ0n) is 17.9. The molecule has 36 heavy (non-hydrogen) atoms. The minimum absolute atomic E-state index is 0. The summed E-state index contributed by atoms with van der Waals surface area (Å²) in [6.07, 6.45) is 2.62. The molecule has 0 amide bonds. The zero-order valence-corrected chi connectivity index (χ0v) is 20.9. The monoisotopic (exact) mass is 572 g/mol. The molecule has 0 radical (unpaired) electrons. The summed E-state index contributed by atoms with van der Waals surface area (Å²) < 4.78 is 0. The average Bonchev–Trinajstić information content (AvgIpc) is 2.80. The lowest BCUT2D eigenvalue weighted by atomic mass is 10.3. The number of halogens is 4. The van der Waals surface area contributed by atoms with Crippen molar-refractivity contribution < 1.29 is 9.85 Å². The number of benzene rings is 2. The third-order valence-corrected chi connectivity index (χ3v) is 4.26. The molecule has 188 valence electrons. The average molecular weight is 574 g/mol. The van der Waals surface area contributed by atoms with Gasteiger partial charge in [-0.3, -0.25) is 20.2 Å². The smallest absolute Gasteiger partial charge is 0.271 e. The molecule has 0 unspecified atom stereocenters. The fourth-order valence-corrected chi connectivity index (χ4v) is 2.69. The summed E-state index contributed by atoms with van der Waals surface area (Å²) in [6, 6.07) is 15.0. The van der Waals surface area contributed by atoms with Crippen molar-refractivity contribution >= 4 is 75.8 Å². The van der Waals surface area contributed by atoms with Crippen molar-refractivity contribution in [1.82, 2.24) is 19.9 Å². The standard InChI is InChI=1S/C10H7ClN4O2.C6H6N2O2.C4H2Cl2N2.ClH/c11-9-5-10(13-6-12-9)14-7-2-1-3-8(4-7)15(16)17;7-5-2-1-3-6(4-5)8(9)10;5-3-1-4(6)8-2-7-3;/h1-6H,(H,12,13,14);1-4H,7H2;1-2H;1H. The Kier molecular flexibility index (Phi) is 12.8. The fourth-order valence-electron chi connectivity index (χ4n) is 2.20. The fraction of sp³-hybridized carbons (Fsp3) is 0. The van der Waals surface area contributed by atoms with Gasteiger partial charge in [0.25, 0.3) is 11.4 Å². The van der Waals surface area contributed by atoms with Crippen LogP contribution in [-0.4, -0.2) is 29.8 Å². The molecular formula is C20H16Cl4N8O4. The molecule has 0 aliphatic carbocycles. The van der Waals surface area contributed by atoms with Crippen molar-refractivity contribution in [2.75, 3.05) is 11.1 Å². The van der Waals surface area contributed by atoms with Crippen LogP contribution in [0.1, 0.15) is 0 Å². The van der Waals surface area contributed by atoms with E-state index in [0.29, 0.717) is 32.7 Å². The van der Waals surface area contributed by atoms with Crippen molar-refractivity contribution in [3.63, 3.8) is 0 Å². The number of hydrogen-bond donors (Lipinski definition) is 2. The van der Waals surface area contributed by atoms with Gasteiger partial charge in [-0.2, -0.15) is 0 Å². The molecule has 0 bridgehead atoms. The summed E-state index contributed by atoms with van der Waals surface area (Å²) in [6.45, 7) is 0. The first-order chi connectivity index (χ1) is 16.6. The molecule has 2 heterocycles. The van der Waals surface area contributed by atoms with Crippen LogP contribution in [0.2, 0.25) is 15.5 Å². The number of nitrogen functional groups attached to an aromatic ring is 1. The molecule has 0 saturated heterocycles. The van der Waals surface area contributed by atoms with Crippen molar-refractivity contribution in [3.05, 3.63) is 109 Å². The lowest BCUT2D eigenvalue weighted by Gasteiger charge is -2.04. The Labute approximate surface area is 225 Å². The molecule has 4 rings (SSSR count). The van der Waals surface area contributed by atoms with Crippen LogP contribution in [0.15, 0.2) is 73.3 Å². The van der Waals surface area contributed by atoms with E-state index in [-0.39, 0.29) is 23.8 Å². The topological polar surface area (TPSA) is 176 Å². The number of anilines is 3. The number of aromatic nitrogens is 4. The number of non-ortho nitro benzene ring substituents is 2. The summed E-state index contributed by atoms with van der Waals surface area (Å²) in [5.41, 5.74) is 6.30. The Hall–Kier alpha value is -3.84. The van der Waals surface area contributed by atoms with E-state index in [2.05, 4.69) is 25.3 Å². The van der Waals surface area contributed by atoms with Crippen LogP contribution >= 0.6 is 47.2 Å². The minimum atomic E-state index is -0.476. The van der Waals surface area contributed by atoms with Crippen LogP contribution in [0.25, 0.3) is 0 Å². The van der Waals surface area contributed by atoms with Gasteiger partial charge in [0.05, 0.1) is 9.85 Å². The second-order valence-electron chi connectivity index (χ2n) is 6.17. The maximum absolute atomic E-state index is 10.6. The SMILES string of the molecule is Cl.Clc1cc(Cl)ncn1.Nc1cccc([N+](=O)[O-])c1.O=[N+]([O-])c1cccc(Nc2cc(Cl)ncn2)c1. The van der Waals surface area contributed by atoms with Gasteiger partial charge < -0.3 is 11.1 Å². The Morgan fingerprint density at radius 2 is 1.22 bits per heavy atom. The molecule has 0 aliphatic rings. The number of nitro benzene ring substituents is 2. The molecule has 0 spiro atoms. The molecule has 16 heteroatoms. The van der Waals surface area contributed by atoms with Gasteiger partial charge in [0, 0.05) is 47.8 Å². The normalized spacial score (nSPS) is 9.31. The van der Waals surface area contributed by atoms with Gasteiger partial charge in [0.1, 0.15) is 33.9 Å². The molecule has 2 aromatic heterocycles. The van der Waals surface area contributed by atoms with Gasteiger partial charge in [0.2, 0.25) is 0 Å². The van der Waals surface area contributed by atoms with E-state index in [0.717, 1.165) is 0 Å². The quantitative estimate of drug-likeness (QED) is 0.124. The van der Waals surface area contributed by atoms with Gasteiger partial charge in [0.15, 0.2) is 0 Å². The van der Waals surface area contributed by atoms with E-state index >= 15 is 0 Å². The van der Waals surface area contributed by atoms with E-state index in [1.807, 2.05) is 0 Å². The molecule has 0 atom stereocenters. The Morgan fingerprint density at radius 1 is 0.722 bits per heavy atom. The van der Waals surface area contributed by atoms with E-state index in [9.17, 15) is 20.2 Å². The highest BCUT2D eigenvalue weighted by atomic mass is 35.5. The number of rotatable bonds is 4. The predicted molar refractivity (Wildman–Crippen MR) is 140 cm³/mol. The summed E-state index contributed by atoms with van der Waals surface area (Å²) in [5, 5.41) is 24.6. The molecule has 0 aliphatic heterocycles. The predicted octanol–water partition coefficient (Wildman–Crippen LogP) is 6.16. The Balaban J connectivity index is 0.000000291. The van der Waals surface area contributed by atoms with Crippen LogP contribution in [0.5, 0.6) is 0 Å². The third-order valence-electron chi connectivity index (χ3n) is 3.64. The van der Waals surface area contributed by atoms with E-state index in [4.69, 9.17) is 40.5 Å². The van der Waals surface area contributed by atoms with Crippen LogP contribution in [-0.2, 0) is 0 Å². The number of nitrogens with one attached hydrogen (secondary N) is 1. The van der Waals surface area contributed by atoms with Crippen molar-refractivity contribution in [1.29, 1.82) is 0 Å². The molecule has 4 aromatic rings. The molecule has 2 aromatic carbocycles. The van der Waals surface area contributed by atoms with Crippen molar-refractivity contribution in [2.45, 2.75) is 0 Å². The summed E-state index contributed by atoms with van der Waals surface area (Å²) >= 11 is 16.5. The molecular weight excluding hydrogens is 558 g/mol. The first-order valence-electron chi connectivity index (χ1n) is 9.26. The maximum atomic E-state index is 10.6. The second kappa shape index (κ2) is 15.2. The van der Waals surface area contributed by atoms with Gasteiger partial charge in [-0.05, 0) is 12.1 Å². The minimum Gasteiger partial charge on any atom is -0.399 e. The highest BCUT2D eigenvalue weighted by Gasteiger charge is 2.06. The Bertz CT molecular complexity index is 1300. The number of hydrogen-bond acceptors (Lipinski definition) is 10. The van der Waals surface area contributed by atoms with Crippen molar-refractivity contribution in [3.8, 4) is 0 Å². The molecule has 0 saturated carbocycles. The largest absolute Gasteiger partial charge is 0.399 e.